The molecule has 4 heteroatoms. The van der Waals surface area contributed by atoms with Gasteiger partial charge in [-0.15, -0.1) is 0 Å². The van der Waals surface area contributed by atoms with Gasteiger partial charge in [0.05, 0.1) is 6.54 Å². The zero-order valence-corrected chi connectivity index (χ0v) is 10.6. The van der Waals surface area contributed by atoms with Gasteiger partial charge in [-0.25, -0.2) is 0 Å². The van der Waals surface area contributed by atoms with Crippen molar-refractivity contribution in [2.75, 3.05) is 25.5 Å². The molecule has 0 radical (unpaired) electrons. The lowest BCUT2D eigenvalue weighted by atomic mass is 10.2. The molecule has 0 aromatic heterocycles. The Bertz CT molecular complexity index is 365. The minimum absolute atomic E-state index is 0.00937. The average molecular weight is 235 g/mol. The van der Waals surface area contributed by atoms with E-state index >= 15 is 0 Å². The lowest BCUT2D eigenvalue weighted by molar-refractivity contribution is -0.117. The molecule has 0 atom stereocenters. The molecule has 1 aromatic carbocycles. The molecule has 0 aliphatic carbocycles. The molecule has 0 aliphatic heterocycles. The third-order valence-electron chi connectivity index (χ3n) is 2.47. The molecule has 17 heavy (non-hydrogen) atoms. The van der Waals surface area contributed by atoms with Crippen LogP contribution in [-0.4, -0.2) is 30.9 Å². The number of hydrogen-bond acceptors (Lipinski definition) is 3. The van der Waals surface area contributed by atoms with Crippen LogP contribution in [0.5, 0.6) is 0 Å². The predicted octanol–water partition coefficient (Wildman–Crippen LogP) is 1.43. The van der Waals surface area contributed by atoms with Crippen LogP contribution in [0.15, 0.2) is 24.3 Å². The van der Waals surface area contributed by atoms with E-state index in [1.807, 2.05) is 36.2 Å². The van der Waals surface area contributed by atoms with E-state index in [2.05, 4.69) is 12.2 Å². The summed E-state index contributed by atoms with van der Waals surface area (Å²) < 4.78 is 0. The van der Waals surface area contributed by atoms with E-state index < -0.39 is 0 Å². The van der Waals surface area contributed by atoms with Crippen LogP contribution in [0.1, 0.15) is 18.9 Å². The molecule has 0 saturated heterocycles. The maximum absolute atomic E-state index is 11.7. The number of hydrogen-bond donors (Lipinski definition) is 2. The summed E-state index contributed by atoms with van der Waals surface area (Å²) in [6, 6.07) is 7.61. The summed E-state index contributed by atoms with van der Waals surface area (Å²) in [6.07, 6.45) is 1.05. The highest BCUT2D eigenvalue weighted by Gasteiger charge is 2.06. The van der Waals surface area contributed by atoms with Crippen molar-refractivity contribution in [1.82, 2.24) is 4.90 Å². The quantitative estimate of drug-likeness (QED) is 0.784. The zero-order valence-electron chi connectivity index (χ0n) is 10.6. The minimum Gasteiger partial charge on any atom is -0.326 e. The van der Waals surface area contributed by atoms with Gasteiger partial charge >= 0.3 is 0 Å². The third kappa shape index (κ3) is 4.97. The maximum atomic E-state index is 11.7. The van der Waals surface area contributed by atoms with Crippen LogP contribution < -0.4 is 11.1 Å². The van der Waals surface area contributed by atoms with E-state index in [-0.39, 0.29) is 5.91 Å². The Labute approximate surface area is 103 Å². The van der Waals surface area contributed by atoms with E-state index in [1.54, 1.807) is 0 Å². The molecular formula is C13H21N3O. The van der Waals surface area contributed by atoms with Crippen molar-refractivity contribution in [2.45, 2.75) is 19.9 Å². The van der Waals surface area contributed by atoms with Crippen LogP contribution in [0.4, 0.5) is 5.69 Å². The van der Waals surface area contributed by atoms with Crippen LogP contribution in [0.2, 0.25) is 0 Å². The highest BCUT2D eigenvalue weighted by Crippen LogP contribution is 2.09. The number of nitrogens with two attached hydrogens (primary N) is 1. The molecule has 4 nitrogen and oxygen atoms in total. The van der Waals surface area contributed by atoms with Crippen LogP contribution in [0.3, 0.4) is 0 Å². The Morgan fingerprint density at radius 3 is 2.88 bits per heavy atom. The van der Waals surface area contributed by atoms with Gasteiger partial charge in [-0.1, -0.05) is 19.1 Å². The number of likely N-dealkylation sites (N-methyl/N-ethyl adjacent to an activating group) is 1. The van der Waals surface area contributed by atoms with E-state index in [4.69, 9.17) is 5.73 Å². The Kier molecular flexibility index (Phi) is 5.66. The summed E-state index contributed by atoms with van der Waals surface area (Å²) in [6.45, 7) is 3.93. The largest absolute Gasteiger partial charge is 0.326 e. The first kappa shape index (κ1) is 13.7. The summed E-state index contributed by atoms with van der Waals surface area (Å²) in [4.78, 5) is 13.7. The van der Waals surface area contributed by atoms with E-state index in [1.165, 1.54) is 0 Å². The van der Waals surface area contributed by atoms with Crippen molar-refractivity contribution in [3.05, 3.63) is 29.8 Å². The summed E-state index contributed by atoms with van der Waals surface area (Å²) in [5, 5.41) is 2.87. The van der Waals surface area contributed by atoms with Gasteiger partial charge in [0.15, 0.2) is 0 Å². The molecule has 0 saturated carbocycles. The Hall–Kier alpha value is -1.39. The second-order valence-electron chi connectivity index (χ2n) is 4.19. The molecule has 0 heterocycles. The smallest absolute Gasteiger partial charge is 0.238 e. The standard InChI is InChI=1S/C13H21N3O/c1-3-7-16(2)10-13(17)15-12-6-4-5-11(8-12)9-14/h4-6,8H,3,7,9-10,14H2,1-2H3,(H,15,17). The van der Waals surface area contributed by atoms with Crippen molar-refractivity contribution in [1.29, 1.82) is 0 Å². The summed E-state index contributed by atoms with van der Waals surface area (Å²) in [5.74, 6) is 0.00937. The first-order valence-electron chi connectivity index (χ1n) is 5.93. The van der Waals surface area contributed by atoms with Gasteiger partial charge in [0.25, 0.3) is 0 Å². The zero-order chi connectivity index (χ0) is 12.7. The van der Waals surface area contributed by atoms with Crippen molar-refractivity contribution in [3.8, 4) is 0 Å². The van der Waals surface area contributed by atoms with Crippen molar-refractivity contribution in [2.24, 2.45) is 5.73 Å². The van der Waals surface area contributed by atoms with Crippen LogP contribution >= 0.6 is 0 Å². The maximum Gasteiger partial charge on any atom is 0.238 e. The molecular weight excluding hydrogens is 214 g/mol. The third-order valence-corrected chi connectivity index (χ3v) is 2.47. The Morgan fingerprint density at radius 2 is 2.24 bits per heavy atom. The first-order valence-corrected chi connectivity index (χ1v) is 5.93. The number of carbonyl (C=O) groups is 1. The fourth-order valence-electron chi connectivity index (χ4n) is 1.68. The number of benzene rings is 1. The molecule has 0 fully saturated rings. The molecule has 94 valence electrons. The molecule has 0 bridgehead atoms. The number of amides is 1. The molecule has 0 spiro atoms. The summed E-state index contributed by atoms with van der Waals surface area (Å²) in [5.41, 5.74) is 7.38. The van der Waals surface area contributed by atoms with E-state index in [0.717, 1.165) is 24.2 Å². The number of anilines is 1. The molecule has 1 amide bonds. The van der Waals surface area contributed by atoms with Crippen LogP contribution in [0.25, 0.3) is 0 Å². The molecule has 0 unspecified atom stereocenters. The van der Waals surface area contributed by atoms with Crippen LogP contribution in [-0.2, 0) is 11.3 Å². The number of rotatable bonds is 6. The van der Waals surface area contributed by atoms with Crippen LogP contribution in [0, 0.1) is 0 Å². The fraction of sp³-hybridized carbons (Fsp3) is 0.462. The van der Waals surface area contributed by atoms with Gasteiger partial charge in [-0.2, -0.15) is 0 Å². The lowest BCUT2D eigenvalue weighted by Gasteiger charge is -2.15. The van der Waals surface area contributed by atoms with Gasteiger partial charge in [-0.3, -0.25) is 9.69 Å². The highest BCUT2D eigenvalue weighted by atomic mass is 16.2. The minimum atomic E-state index is 0.00937. The Morgan fingerprint density at radius 1 is 1.47 bits per heavy atom. The Balaban J connectivity index is 2.49. The van der Waals surface area contributed by atoms with Gasteiger partial charge in [0.2, 0.25) is 5.91 Å². The first-order chi connectivity index (χ1) is 8.15. The second kappa shape index (κ2) is 7.04. The van der Waals surface area contributed by atoms with Crippen molar-refractivity contribution in [3.63, 3.8) is 0 Å². The van der Waals surface area contributed by atoms with Gasteiger partial charge in [0.1, 0.15) is 0 Å². The SMILES string of the molecule is CCCN(C)CC(=O)Nc1cccc(CN)c1. The van der Waals surface area contributed by atoms with Crippen molar-refractivity contribution < 1.29 is 4.79 Å². The van der Waals surface area contributed by atoms with Gasteiger partial charge in [0, 0.05) is 12.2 Å². The normalized spacial score (nSPS) is 10.6. The average Bonchev–Trinajstić information content (AvgIpc) is 2.29. The van der Waals surface area contributed by atoms with Gasteiger partial charge in [-0.05, 0) is 37.7 Å². The number of nitrogens with one attached hydrogen (secondary N) is 1. The van der Waals surface area contributed by atoms with E-state index in [0.29, 0.717) is 13.1 Å². The van der Waals surface area contributed by atoms with E-state index in [9.17, 15) is 4.79 Å². The predicted molar refractivity (Wildman–Crippen MR) is 70.8 cm³/mol. The van der Waals surface area contributed by atoms with Crippen molar-refractivity contribution >= 4 is 11.6 Å². The summed E-state index contributed by atoms with van der Waals surface area (Å²) in [7, 11) is 1.94. The lowest BCUT2D eigenvalue weighted by Crippen LogP contribution is -2.30. The molecule has 1 rings (SSSR count). The second-order valence-corrected chi connectivity index (χ2v) is 4.19. The number of nitrogens with zero attached hydrogens (tertiary/aromatic N) is 1. The monoisotopic (exact) mass is 235 g/mol. The fourth-order valence-corrected chi connectivity index (χ4v) is 1.68. The number of carbonyl (C=O) groups excluding carboxylic acids is 1. The molecule has 1 aromatic rings. The molecule has 0 aliphatic rings. The highest BCUT2D eigenvalue weighted by molar-refractivity contribution is 5.92. The summed E-state index contributed by atoms with van der Waals surface area (Å²) >= 11 is 0. The topological polar surface area (TPSA) is 58.4 Å². The molecule has 3 N–H and O–H groups in total. The van der Waals surface area contributed by atoms with Gasteiger partial charge < -0.3 is 11.1 Å².